The van der Waals surface area contributed by atoms with Crippen molar-refractivity contribution in [3.63, 3.8) is 0 Å². The zero-order valence-electron chi connectivity index (χ0n) is 14.1. The van der Waals surface area contributed by atoms with Gasteiger partial charge in [0.15, 0.2) is 11.5 Å². The van der Waals surface area contributed by atoms with Crippen LogP contribution in [-0.4, -0.2) is 65.9 Å². The number of nitrogens with zero attached hydrogens (tertiary/aromatic N) is 3. The third-order valence-corrected chi connectivity index (χ3v) is 4.98. The van der Waals surface area contributed by atoms with Gasteiger partial charge in [-0.3, -0.25) is 14.5 Å². The molecule has 0 bridgehead atoms. The van der Waals surface area contributed by atoms with Crippen LogP contribution < -0.4 is 5.32 Å². The molecule has 3 heterocycles. The monoisotopic (exact) mass is 342 g/mol. The Morgan fingerprint density at radius 3 is 2.80 bits per heavy atom. The summed E-state index contributed by atoms with van der Waals surface area (Å²) in [6.07, 6.45) is 1.72. The maximum absolute atomic E-state index is 12.5. The maximum Gasteiger partial charge on any atom is 0.236 e. The van der Waals surface area contributed by atoms with Gasteiger partial charge in [-0.15, -0.1) is 0 Å². The Morgan fingerprint density at radius 2 is 2.04 bits per heavy atom. The van der Waals surface area contributed by atoms with Crippen LogP contribution >= 0.6 is 0 Å². The van der Waals surface area contributed by atoms with Gasteiger partial charge in [-0.25, -0.2) is 4.98 Å². The van der Waals surface area contributed by atoms with Crippen LogP contribution in [0.25, 0.3) is 11.1 Å². The number of piperazine rings is 1. The summed E-state index contributed by atoms with van der Waals surface area (Å²) in [7, 11) is 0. The predicted octanol–water partition coefficient (Wildman–Crippen LogP) is 0.966. The second-order valence-corrected chi connectivity index (χ2v) is 6.74. The van der Waals surface area contributed by atoms with Crippen LogP contribution in [0.5, 0.6) is 0 Å². The van der Waals surface area contributed by atoms with Crippen LogP contribution in [-0.2, 0) is 9.59 Å². The Balaban J connectivity index is 1.33. The number of amides is 2. The van der Waals surface area contributed by atoms with Gasteiger partial charge >= 0.3 is 0 Å². The molecule has 0 spiro atoms. The molecule has 0 saturated carbocycles. The summed E-state index contributed by atoms with van der Waals surface area (Å²) in [6, 6.07) is 7.78. The average Bonchev–Trinajstić information content (AvgIpc) is 3.06. The molecule has 7 heteroatoms. The fourth-order valence-corrected chi connectivity index (χ4v) is 3.56. The third kappa shape index (κ3) is 3.51. The number of piperidine rings is 1. The highest BCUT2D eigenvalue weighted by atomic mass is 16.3. The van der Waals surface area contributed by atoms with E-state index in [0.717, 1.165) is 36.4 Å². The molecule has 1 aromatic carbocycles. The molecule has 2 aliphatic heterocycles. The molecule has 7 nitrogen and oxygen atoms in total. The SMILES string of the molecule is O=C1CN(CC(=O)N2CCC(c3nc4ccccc4o3)CC2)CCN1. The van der Waals surface area contributed by atoms with Crippen LogP contribution in [0.15, 0.2) is 28.7 Å². The van der Waals surface area contributed by atoms with E-state index in [2.05, 4.69) is 10.3 Å². The number of hydrogen-bond acceptors (Lipinski definition) is 5. The molecule has 132 valence electrons. The van der Waals surface area contributed by atoms with Crippen molar-refractivity contribution in [3.8, 4) is 0 Å². The molecule has 2 amide bonds. The highest BCUT2D eigenvalue weighted by Crippen LogP contribution is 2.29. The number of nitrogens with one attached hydrogen (secondary N) is 1. The first-order valence-corrected chi connectivity index (χ1v) is 8.81. The van der Waals surface area contributed by atoms with Gasteiger partial charge in [-0.05, 0) is 25.0 Å². The number of benzene rings is 1. The Labute approximate surface area is 146 Å². The summed E-state index contributed by atoms with van der Waals surface area (Å²) >= 11 is 0. The fourth-order valence-electron chi connectivity index (χ4n) is 3.56. The van der Waals surface area contributed by atoms with E-state index in [1.165, 1.54) is 0 Å². The second-order valence-electron chi connectivity index (χ2n) is 6.74. The van der Waals surface area contributed by atoms with Crippen molar-refractivity contribution in [2.24, 2.45) is 0 Å². The number of rotatable bonds is 3. The molecule has 1 aromatic heterocycles. The standard InChI is InChI=1S/C18H22N4O3/c23-16-11-21(10-7-19-16)12-17(24)22-8-5-13(6-9-22)18-20-14-3-1-2-4-15(14)25-18/h1-4,13H,5-12H2,(H,19,23). The van der Waals surface area contributed by atoms with E-state index in [0.29, 0.717) is 32.7 Å². The number of fused-ring (bicyclic) bond motifs is 1. The molecule has 2 fully saturated rings. The molecular weight excluding hydrogens is 320 g/mol. The van der Waals surface area contributed by atoms with Crippen LogP contribution in [0.3, 0.4) is 0 Å². The highest BCUT2D eigenvalue weighted by molar-refractivity contribution is 5.82. The van der Waals surface area contributed by atoms with E-state index in [1.54, 1.807) is 0 Å². The molecule has 2 saturated heterocycles. The van der Waals surface area contributed by atoms with Gasteiger partial charge in [-0.1, -0.05) is 12.1 Å². The zero-order valence-corrected chi connectivity index (χ0v) is 14.1. The topological polar surface area (TPSA) is 78.7 Å². The molecule has 0 unspecified atom stereocenters. The lowest BCUT2D eigenvalue weighted by molar-refractivity contribution is -0.134. The average molecular weight is 342 g/mol. The minimum atomic E-state index is -0.00582. The summed E-state index contributed by atoms with van der Waals surface area (Å²) in [6.45, 7) is 3.40. The molecule has 1 N–H and O–H groups in total. The minimum absolute atomic E-state index is 0.00582. The van der Waals surface area contributed by atoms with Gasteiger partial charge < -0.3 is 14.6 Å². The van der Waals surface area contributed by atoms with Crippen LogP contribution in [0.1, 0.15) is 24.7 Å². The van der Waals surface area contributed by atoms with E-state index in [4.69, 9.17) is 4.42 Å². The number of aromatic nitrogens is 1. The van der Waals surface area contributed by atoms with Gasteiger partial charge in [0.1, 0.15) is 5.52 Å². The number of hydrogen-bond donors (Lipinski definition) is 1. The first-order chi connectivity index (χ1) is 12.2. The molecule has 4 rings (SSSR count). The molecule has 2 aliphatic rings. The summed E-state index contributed by atoms with van der Waals surface area (Å²) in [4.78, 5) is 32.3. The van der Waals surface area contributed by atoms with Crippen LogP contribution in [0, 0.1) is 0 Å². The Kier molecular flexibility index (Phi) is 4.40. The number of para-hydroxylation sites is 2. The fraction of sp³-hybridized carbons (Fsp3) is 0.500. The van der Waals surface area contributed by atoms with E-state index in [-0.39, 0.29) is 17.7 Å². The minimum Gasteiger partial charge on any atom is -0.440 e. The second kappa shape index (κ2) is 6.84. The van der Waals surface area contributed by atoms with Gasteiger partial charge in [0.2, 0.25) is 11.8 Å². The Morgan fingerprint density at radius 1 is 1.24 bits per heavy atom. The molecule has 0 aliphatic carbocycles. The quantitative estimate of drug-likeness (QED) is 0.899. The first kappa shape index (κ1) is 16.1. The summed E-state index contributed by atoms with van der Waals surface area (Å²) < 4.78 is 5.87. The number of oxazole rings is 1. The van der Waals surface area contributed by atoms with Crippen LogP contribution in [0.4, 0.5) is 0 Å². The number of carbonyl (C=O) groups is 2. The normalized spacial score (nSPS) is 20.0. The summed E-state index contributed by atoms with van der Waals surface area (Å²) in [5.41, 5.74) is 1.71. The first-order valence-electron chi connectivity index (χ1n) is 8.81. The predicted molar refractivity (Wildman–Crippen MR) is 92.0 cm³/mol. The third-order valence-electron chi connectivity index (χ3n) is 4.98. The van der Waals surface area contributed by atoms with Crippen LogP contribution in [0.2, 0.25) is 0 Å². The highest BCUT2D eigenvalue weighted by Gasteiger charge is 2.28. The van der Waals surface area contributed by atoms with Crippen molar-refractivity contribution in [3.05, 3.63) is 30.2 Å². The van der Waals surface area contributed by atoms with E-state index < -0.39 is 0 Å². The van der Waals surface area contributed by atoms with Crippen molar-refractivity contribution in [2.75, 3.05) is 39.3 Å². The van der Waals surface area contributed by atoms with Gasteiger partial charge in [0, 0.05) is 32.1 Å². The molecule has 2 aromatic rings. The lowest BCUT2D eigenvalue weighted by atomic mass is 9.96. The number of likely N-dealkylation sites (tertiary alicyclic amines) is 1. The van der Waals surface area contributed by atoms with Crippen molar-refractivity contribution in [1.82, 2.24) is 20.1 Å². The largest absolute Gasteiger partial charge is 0.440 e. The smallest absolute Gasteiger partial charge is 0.236 e. The molecule has 0 atom stereocenters. The van der Waals surface area contributed by atoms with Crippen molar-refractivity contribution in [1.29, 1.82) is 0 Å². The molecule has 25 heavy (non-hydrogen) atoms. The Hall–Kier alpha value is -2.41. The van der Waals surface area contributed by atoms with Gasteiger partial charge in [-0.2, -0.15) is 0 Å². The molecular formula is C18H22N4O3. The zero-order chi connectivity index (χ0) is 17.2. The van der Waals surface area contributed by atoms with Gasteiger partial charge in [0.05, 0.1) is 13.1 Å². The molecule has 0 radical (unpaired) electrons. The maximum atomic E-state index is 12.5. The summed E-state index contributed by atoms with van der Waals surface area (Å²) in [5.74, 6) is 1.14. The lowest BCUT2D eigenvalue weighted by Gasteiger charge is -2.33. The van der Waals surface area contributed by atoms with Crippen molar-refractivity contribution >= 4 is 22.9 Å². The lowest BCUT2D eigenvalue weighted by Crippen LogP contribution is -2.51. The van der Waals surface area contributed by atoms with Crippen molar-refractivity contribution < 1.29 is 14.0 Å². The number of carbonyl (C=O) groups excluding carboxylic acids is 2. The summed E-state index contributed by atoms with van der Waals surface area (Å²) in [5, 5.41) is 2.78. The van der Waals surface area contributed by atoms with E-state index >= 15 is 0 Å². The van der Waals surface area contributed by atoms with Gasteiger partial charge in [0.25, 0.3) is 0 Å². The van der Waals surface area contributed by atoms with Crippen molar-refractivity contribution in [2.45, 2.75) is 18.8 Å². The van der Waals surface area contributed by atoms with E-state index in [9.17, 15) is 9.59 Å². The van der Waals surface area contributed by atoms with E-state index in [1.807, 2.05) is 34.1 Å². The Bertz CT molecular complexity index is 746.